The van der Waals surface area contributed by atoms with Crippen molar-refractivity contribution in [3.63, 3.8) is 0 Å². The lowest BCUT2D eigenvalue weighted by Gasteiger charge is -1.98. The Bertz CT molecular complexity index is 445. The van der Waals surface area contributed by atoms with Gasteiger partial charge in [-0.1, -0.05) is 15.9 Å². The molecule has 14 heavy (non-hydrogen) atoms. The third kappa shape index (κ3) is 1.85. The van der Waals surface area contributed by atoms with Gasteiger partial charge in [0, 0.05) is 21.9 Å². The summed E-state index contributed by atoms with van der Waals surface area (Å²) in [4.78, 5) is 7.17. The maximum Gasteiger partial charge on any atom is 0.137 e. The van der Waals surface area contributed by atoms with Crippen molar-refractivity contribution in [3.05, 3.63) is 40.4 Å². The van der Waals surface area contributed by atoms with E-state index in [1.807, 2.05) is 13.0 Å². The summed E-state index contributed by atoms with van der Waals surface area (Å²) in [6.45, 7) is 1.91. The Balaban J connectivity index is 2.51. The summed E-state index contributed by atoms with van der Waals surface area (Å²) in [5.74, 6) is 0.408. The molecule has 2 aromatic rings. The van der Waals surface area contributed by atoms with Crippen molar-refractivity contribution in [3.8, 4) is 11.4 Å². The van der Waals surface area contributed by atoms with Gasteiger partial charge in [0.15, 0.2) is 0 Å². The Morgan fingerprint density at radius 3 is 2.71 bits per heavy atom. The minimum absolute atomic E-state index is 0.275. The van der Waals surface area contributed by atoms with Crippen LogP contribution in [0.25, 0.3) is 11.4 Å². The predicted molar refractivity (Wildman–Crippen MR) is 56.4 cm³/mol. The molecule has 0 aliphatic rings. The average Bonchev–Trinajstić information content (AvgIpc) is 2.50. The van der Waals surface area contributed by atoms with Crippen molar-refractivity contribution in [2.24, 2.45) is 0 Å². The molecule has 0 aliphatic heterocycles. The first kappa shape index (κ1) is 9.40. The standard InChI is InChI=1S/C10H8BrFN2/c1-6-5-13-10(14-6)7-2-8(11)4-9(12)3-7/h2-5H,1H3,(H,13,14). The zero-order valence-electron chi connectivity index (χ0n) is 7.51. The molecule has 0 saturated carbocycles. The zero-order valence-corrected chi connectivity index (χ0v) is 9.10. The highest BCUT2D eigenvalue weighted by Gasteiger charge is 2.04. The molecule has 1 aromatic carbocycles. The number of rotatable bonds is 1. The van der Waals surface area contributed by atoms with Crippen LogP contribution < -0.4 is 0 Å². The van der Waals surface area contributed by atoms with E-state index in [-0.39, 0.29) is 5.82 Å². The van der Waals surface area contributed by atoms with Crippen LogP contribution in [0, 0.1) is 12.7 Å². The molecule has 0 aliphatic carbocycles. The lowest BCUT2D eigenvalue weighted by atomic mass is 10.2. The first-order valence-electron chi connectivity index (χ1n) is 4.13. The summed E-state index contributed by atoms with van der Waals surface area (Å²) < 4.78 is 13.8. The number of benzene rings is 1. The second-order valence-corrected chi connectivity index (χ2v) is 3.99. The van der Waals surface area contributed by atoms with E-state index in [0.29, 0.717) is 10.3 Å². The van der Waals surface area contributed by atoms with Crippen LogP contribution in [0.1, 0.15) is 5.69 Å². The summed E-state index contributed by atoms with van der Waals surface area (Å²) in [6.07, 6.45) is 1.72. The van der Waals surface area contributed by atoms with Crippen molar-refractivity contribution in [1.82, 2.24) is 9.97 Å². The lowest BCUT2D eigenvalue weighted by molar-refractivity contribution is 0.627. The number of aromatic nitrogens is 2. The largest absolute Gasteiger partial charge is 0.342 e. The molecule has 2 nitrogen and oxygen atoms in total. The van der Waals surface area contributed by atoms with Crippen molar-refractivity contribution in [1.29, 1.82) is 0 Å². The number of hydrogen-bond acceptors (Lipinski definition) is 1. The summed E-state index contributed by atoms with van der Waals surface area (Å²) in [7, 11) is 0. The molecule has 0 amide bonds. The van der Waals surface area contributed by atoms with Gasteiger partial charge >= 0.3 is 0 Å². The fourth-order valence-corrected chi connectivity index (χ4v) is 1.72. The molecule has 72 valence electrons. The van der Waals surface area contributed by atoms with Gasteiger partial charge in [0.25, 0.3) is 0 Å². The van der Waals surface area contributed by atoms with Gasteiger partial charge in [-0.25, -0.2) is 9.37 Å². The third-order valence-corrected chi connectivity index (χ3v) is 2.30. The van der Waals surface area contributed by atoms with E-state index in [1.165, 1.54) is 12.1 Å². The summed E-state index contributed by atoms with van der Waals surface area (Å²) in [5.41, 5.74) is 1.70. The molecule has 0 radical (unpaired) electrons. The van der Waals surface area contributed by atoms with E-state index in [0.717, 1.165) is 11.3 Å². The molecule has 0 fully saturated rings. The molecule has 1 aromatic heterocycles. The van der Waals surface area contributed by atoms with Gasteiger partial charge in [-0.15, -0.1) is 0 Å². The first-order chi connectivity index (χ1) is 6.65. The number of hydrogen-bond donors (Lipinski definition) is 1. The van der Waals surface area contributed by atoms with Gasteiger partial charge in [0.1, 0.15) is 11.6 Å². The minimum atomic E-state index is -0.275. The van der Waals surface area contributed by atoms with E-state index >= 15 is 0 Å². The lowest BCUT2D eigenvalue weighted by Crippen LogP contribution is -1.83. The minimum Gasteiger partial charge on any atom is -0.342 e. The topological polar surface area (TPSA) is 28.7 Å². The molecule has 1 N–H and O–H groups in total. The average molecular weight is 255 g/mol. The van der Waals surface area contributed by atoms with E-state index in [9.17, 15) is 4.39 Å². The van der Waals surface area contributed by atoms with Gasteiger partial charge < -0.3 is 4.98 Å². The number of nitrogens with zero attached hydrogens (tertiary/aromatic N) is 1. The Kier molecular flexibility index (Phi) is 2.37. The monoisotopic (exact) mass is 254 g/mol. The molecule has 4 heteroatoms. The summed E-state index contributed by atoms with van der Waals surface area (Å²) in [6, 6.07) is 4.68. The maximum absolute atomic E-state index is 13.0. The van der Waals surface area contributed by atoms with Gasteiger partial charge in [0.2, 0.25) is 0 Å². The normalized spacial score (nSPS) is 10.5. The first-order valence-corrected chi connectivity index (χ1v) is 4.92. The fourth-order valence-electron chi connectivity index (χ4n) is 1.25. The predicted octanol–water partition coefficient (Wildman–Crippen LogP) is 3.29. The van der Waals surface area contributed by atoms with Crippen LogP contribution in [-0.4, -0.2) is 9.97 Å². The zero-order chi connectivity index (χ0) is 10.1. The Morgan fingerprint density at radius 1 is 1.36 bits per heavy atom. The molecule has 2 rings (SSSR count). The highest BCUT2D eigenvalue weighted by Crippen LogP contribution is 2.22. The fraction of sp³-hybridized carbons (Fsp3) is 0.100. The van der Waals surface area contributed by atoms with E-state index < -0.39 is 0 Å². The third-order valence-electron chi connectivity index (χ3n) is 1.84. The second kappa shape index (κ2) is 3.53. The van der Waals surface area contributed by atoms with Crippen LogP contribution in [0.15, 0.2) is 28.9 Å². The van der Waals surface area contributed by atoms with E-state index in [1.54, 1.807) is 6.20 Å². The number of H-pyrrole nitrogens is 1. The molecule has 0 saturated heterocycles. The molecule has 1 heterocycles. The Hall–Kier alpha value is -1.16. The van der Waals surface area contributed by atoms with E-state index in [2.05, 4.69) is 25.9 Å². The number of imidazole rings is 1. The van der Waals surface area contributed by atoms with Crippen molar-refractivity contribution in [2.45, 2.75) is 6.92 Å². The SMILES string of the molecule is Cc1cnc(-c2cc(F)cc(Br)c2)[nH]1. The van der Waals surface area contributed by atoms with Crippen LogP contribution in [0.5, 0.6) is 0 Å². The van der Waals surface area contributed by atoms with E-state index in [4.69, 9.17) is 0 Å². The quantitative estimate of drug-likeness (QED) is 0.832. The van der Waals surface area contributed by atoms with Crippen LogP contribution in [-0.2, 0) is 0 Å². The summed E-state index contributed by atoms with van der Waals surface area (Å²) >= 11 is 3.24. The summed E-state index contributed by atoms with van der Waals surface area (Å²) in [5, 5.41) is 0. The highest BCUT2D eigenvalue weighted by atomic mass is 79.9. The van der Waals surface area contributed by atoms with Crippen molar-refractivity contribution < 1.29 is 4.39 Å². The van der Waals surface area contributed by atoms with Gasteiger partial charge in [-0.3, -0.25) is 0 Å². The van der Waals surface area contributed by atoms with Crippen LogP contribution in [0.4, 0.5) is 4.39 Å². The molecule has 0 bridgehead atoms. The second-order valence-electron chi connectivity index (χ2n) is 3.07. The number of nitrogens with one attached hydrogen (secondary N) is 1. The highest BCUT2D eigenvalue weighted by molar-refractivity contribution is 9.10. The number of aromatic amines is 1. The van der Waals surface area contributed by atoms with Crippen LogP contribution in [0.3, 0.4) is 0 Å². The molecular formula is C10H8BrFN2. The Morgan fingerprint density at radius 2 is 2.14 bits per heavy atom. The molecular weight excluding hydrogens is 247 g/mol. The van der Waals surface area contributed by atoms with Gasteiger partial charge in [-0.05, 0) is 25.1 Å². The smallest absolute Gasteiger partial charge is 0.137 e. The molecule has 0 spiro atoms. The van der Waals surface area contributed by atoms with Crippen molar-refractivity contribution >= 4 is 15.9 Å². The molecule has 0 atom stereocenters. The van der Waals surface area contributed by atoms with Crippen LogP contribution >= 0.6 is 15.9 Å². The maximum atomic E-state index is 13.0. The number of aryl methyl sites for hydroxylation is 1. The molecule has 0 unspecified atom stereocenters. The van der Waals surface area contributed by atoms with Gasteiger partial charge in [0.05, 0.1) is 0 Å². The van der Waals surface area contributed by atoms with Gasteiger partial charge in [-0.2, -0.15) is 0 Å². The van der Waals surface area contributed by atoms with Crippen molar-refractivity contribution in [2.75, 3.05) is 0 Å². The number of halogens is 2. The van der Waals surface area contributed by atoms with Crippen LogP contribution in [0.2, 0.25) is 0 Å². The Labute approximate surface area is 89.3 Å².